The molecule has 1 saturated heterocycles. The lowest BCUT2D eigenvalue weighted by Gasteiger charge is -2.47. The number of benzene rings is 2. The number of hydrogen-bond acceptors (Lipinski definition) is 5. The van der Waals surface area contributed by atoms with Crippen LogP contribution >= 0.6 is 24.8 Å². The Morgan fingerprint density at radius 2 is 1.94 bits per heavy atom. The van der Waals surface area contributed by atoms with Crippen molar-refractivity contribution in [2.75, 3.05) is 40.3 Å². The van der Waals surface area contributed by atoms with Gasteiger partial charge in [0.05, 0.1) is 11.6 Å². The molecule has 0 bridgehead atoms. The van der Waals surface area contributed by atoms with E-state index in [1.807, 2.05) is 49.3 Å². The van der Waals surface area contributed by atoms with Crippen molar-refractivity contribution in [1.29, 1.82) is 0 Å². The summed E-state index contributed by atoms with van der Waals surface area (Å²) in [4.78, 5) is 16.8. The second kappa shape index (κ2) is 11.6. The van der Waals surface area contributed by atoms with E-state index in [4.69, 9.17) is 10.5 Å². The summed E-state index contributed by atoms with van der Waals surface area (Å²) in [6.45, 7) is 1.19. The van der Waals surface area contributed by atoms with Crippen LogP contribution in [0, 0.1) is 5.82 Å². The van der Waals surface area contributed by atoms with Gasteiger partial charge in [-0.2, -0.15) is 0 Å². The zero-order valence-corrected chi connectivity index (χ0v) is 19.3. The summed E-state index contributed by atoms with van der Waals surface area (Å²) < 4.78 is 19.4. The summed E-state index contributed by atoms with van der Waals surface area (Å²) >= 11 is 0. The van der Waals surface area contributed by atoms with Crippen LogP contribution in [0.15, 0.2) is 48.5 Å². The number of hydrogen-bond donors (Lipinski definition) is 2. The van der Waals surface area contributed by atoms with Gasteiger partial charge in [-0.05, 0) is 44.3 Å². The quantitative estimate of drug-likeness (QED) is 0.673. The highest BCUT2D eigenvalue weighted by atomic mass is 35.5. The van der Waals surface area contributed by atoms with Crippen molar-refractivity contribution in [3.63, 3.8) is 0 Å². The number of nitrogens with two attached hydrogens (primary N) is 1. The van der Waals surface area contributed by atoms with Crippen LogP contribution in [0.2, 0.25) is 0 Å². The van der Waals surface area contributed by atoms with Gasteiger partial charge in [0.15, 0.2) is 0 Å². The molecule has 172 valence electrons. The number of nitrogens with zero attached hydrogens (tertiary/aromatic N) is 2. The smallest absolute Gasteiger partial charge is 0.257 e. The molecule has 0 aliphatic carbocycles. The monoisotopic (exact) mass is 473 g/mol. The second-order valence-corrected chi connectivity index (χ2v) is 7.55. The van der Waals surface area contributed by atoms with Crippen molar-refractivity contribution >= 4 is 30.7 Å². The highest BCUT2D eigenvalue weighted by Gasteiger charge is 2.45. The number of piperidine rings is 1. The van der Waals surface area contributed by atoms with Crippen LogP contribution in [0.5, 0.6) is 5.75 Å². The second-order valence-electron chi connectivity index (χ2n) is 7.55. The lowest BCUT2D eigenvalue weighted by Crippen LogP contribution is -2.60. The van der Waals surface area contributed by atoms with Gasteiger partial charge >= 0.3 is 0 Å². The first-order valence-corrected chi connectivity index (χ1v) is 9.73. The highest BCUT2D eigenvalue weighted by Crippen LogP contribution is 2.36. The number of aliphatic hydroxyl groups is 1. The normalized spacial score (nSPS) is 20.6. The number of ether oxygens (including phenoxy) is 1. The molecule has 1 amide bonds. The fourth-order valence-corrected chi connectivity index (χ4v) is 3.90. The van der Waals surface area contributed by atoms with Crippen LogP contribution in [-0.4, -0.2) is 67.2 Å². The average molecular weight is 474 g/mol. The number of carbonyl (C=O) groups excluding carboxylic acids is 1. The van der Waals surface area contributed by atoms with Crippen molar-refractivity contribution in [2.45, 2.75) is 18.1 Å². The molecule has 6 nitrogen and oxygen atoms in total. The standard InChI is InChI=1S/C22H28FN3O3.2ClH/c1-25(2)20-15-26(12-10-22(20,28)16-6-4-3-5-7-16)21(27)18-14-17(23)8-9-19(18)29-13-11-24;;/h3-9,14,20,28H,10-13,15,24H2,1-2H3;2*1H/t20-,22+;;/m1../s1. The van der Waals surface area contributed by atoms with E-state index in [1.165, 1.54) is 18.2 Å². The predicted molar refractivity (Wildman–Crippen MR) is 124 cm³/mol. The Kier molecular flexibility index (Phi) is 10.2. The predicted octanol–water partition coefficient (Wildman–Crippen LogP) is 2.67. The zero-order chi connectivity index (χ0) is 21.0. The Labute approximate surface area is 195 Å². The molecule has 1 fully saturated rings. The van der Waals surface area contributed by atoms with Crippen LogP contribution in [0.25, 0.3) is 0 Å². The first-order valence-electron chi connectivity index (χ1n) is 9.73. The van der Waals surface area contributed by atoms with E-state index in [-0.39, 0.29) is 48.9 Å². The summed E-state index contributed by atoms with van der Waals surface area (Å²) in [5, 5.41) is 11.5. The van der Waals surface area contributed by atoms with E-state index in [2.05, 4.69) is 0 Å². The third kappa shape index (κ3) is 5.87. The van der Waals surface area contributed by atoms with E-state index in [1.54, 1.807) is 4.90 Å². The third-order valence-electron chi connectivity index (χ3n) is 5.44. The van der Waals surface area contributed by atoms with Crippen LogP contribution < -0.4 is 10.5 Å². The maximum atomic E-state index is 13.8. The van der Waals surface area contributed by atoms with Gasteiger partial charge in [0.25, 0.3) is 5.91 Å². The molecule has 1 heterocycles. The van der Waals surface area contributed by atoms with Gasteiger partial charge in [-0.3, -0.25) is 4.79 Å². The van der Waals surface area contributed by atoms with Crippen molar-refractivity contribution in [1.82, 2.24) is 9.80 Å². The molecule has 1 aliphatic rings. The van der Waals surface area contributed by atoms with E-state index in [0.29, 0.717) is 31.8 Å². The number of likely N-dealkylation sites (tertiary alicyclic amines) is 1. The molecule has 2 atom stereocenters. The van der Waals surface area contributed by atoms with Gasteiger partial charge in [0.2, 0.25) is 0 Å². The van der Waals surface area contributed by atoms with E-state index >= 15 is 0 Å². The molecule has 2 aromatic rings. The summed E-state index contributed by atoms with van der Waals surface area (Å²) in [6, 6.07) is 13.1. The maximum absolute atomic E-state index is 13.8. The molecule has 0 aromatic heterocycles. The summed E-state index contributed by atoms with van der Waals surface area (Å²) in [6.07, 6.45) is 0.375. The number of carbonyl (C=O) groups is 1. The van der Waals surface area contributed by atoms with Crippen molar-refractivity contribution in [3.8, 4) is 5.75 Å². The van der Waals surface area contributed by atoms with Crippen molar-refractivity contribution in [2.24, 2.45) is 5.73 Å². The topological polar surface area (TPSA) is 79.0 Å². The van der Waals surface area contributed by atoms with E-state index < -0.39 is 11.4 Å². The Bertz CT molecular complexity index is 857. The molecule has 1 aliphatic heterocycles. The van der Waals surface area contributed by atoms with Gasteiger partial charge in [0, 0.05) is 19.6 Å². The lowest BCUT2D eigenvalue weighted by molar-refractivity contribution is -0.0810. The Morgan fingerprint density at radius 3 is 2.55 bits per heavy atom. The zero-order valence-electron chi connectivity index (χ0n) is 17.7. The van der Waals surface area contributed by atoms with Crippen LogP contribution in [0.3, 0.4) is 0 Å². The fraction of sp³-hybridized carbons (Fsp3) is 0.409. The molecule has 31 heavy (non-hydrogen) atoms. The first-order chi connectivity index (χ1) is 13.9. The average Bonchev–Trinajstić information content (AvgIpc) is 2.73. The van der Waals surface area contributed by atoms with Crippen molar-refractivity contribution < 1.29 is 19.0 Å². The molecule has 0 unspecified atom stereocenters. The molecule has 0 radical (unpaired) electrons. The SMILES string of the molecule is CN(C)[C@@H]1CN(C(=O)c2cc(F)ccc2OCCN)CC[C@]1(O)c1ccccc1.Cl.Cl. The summed E-state index contributed by atoms with van der Waals surface area (Å²) in [5.74, 6) is -0.513. The van der Waals surface area contributed by atoms with Gasteiger partial charge in [-0.15, -0.1) is 24.8 Å². The van der Waals surface area contributed by atoms with Crippen LogP contribution in [-0.2, 0) is 5.60 Å². The minimum absolute atomic E-state index is 0. The van der Waals surface area contributed by atoms with Crippen LogP contribution in [0.4, 0.5) is 4.39 Å². The Balaban J connectivity index is 0.00000240. The molecule has 3 rings (SSSR count). The highest BCUT2D eigenvalue weighted by molar-refractivity contribution is 5.97. The lowest BCUT2D eigenvalue weighted by atomic mass is 9.79. The minimum Gasteiger partial charge on any atom is -0.491 e. The number of rotatable bonds is 6. The van der Waals surface area contributed by atoms with Gasteiger partial charge in [0.1, 0.15) is 23.8 Å². The summed E-state index contributed by atoms with van der Waals surface area (Å²) in [7, 11) is 3.76. The summed E-state index contributed by atoms with van der Waals surface area (Å²) in [5.41, 5.74) is 5.39. The molecule has 3 N–H and O–H groups in total. The van der Waals surface area contributed by atoms with E-state index in [9.17, 15) is 14.3 Å². The molecule has 9 heteroatoms. The van der Waals surface area contributed by atoms with Gasteiger partial charge in [-0.1, -0.05) is 30.3 Å². The molecule has 0 spiro atoms. The molecule has 2 aromatic carbocycles. The minimum atomic E-state index is -1.08. The fourth-order valence-electron chi connectivity index (χ4n) is 3.90. The number of amides is 1. The van der Waals surface area contributed by atoms with Crippen molar-refractivity contribution in [3.05, 3.63) is 65.5 Å². The molecular weight excluding hydrogens is 444 g/mol. The number of likely N-dealkylation sites (N-methyl/N-ethyl adjacent to an activating group) is 1. The Morgan fingerprint density at radius 1 is 1.26 bits per heavy atom. The maximum Gasteiger partial charge on any atom is 0.257 e. The third-order valence-corrected chi connectivity index (χ3v) is 5.44. The van der Waals surface area contributed by atoms with Gasteiger partial charge < -0.3 is 25.4 Å². The first kappa shape index (κ1) is 27.1. The van der Waals surface area contributed by atoms with Gasteiger partial charge in [-0.25, -0.2) is 4.39 Å². The molecular formula is C22H30Cl2FN3O3. The van der Waals surface area contributed by atoms with E-state index in [0.717, 1.165) is 5.56 Å². The largest absolute Gasteiger partial charge is 0.491 e. The van der Waals surface area contributed by atoms with Crippen LogP contribution in [0.1, 0.15) is 22.3 Å². The Hall–Kier alpha value is -1.90. The number of halogens is 3. The molecule has 0 saturated carbocycles.